The van der Waals surface area contributed by atoms with Crippen molar-refractivity contribution in [2.24, 2.45) is 4.99 Å². The van der Waals surface area contributed by atoms with Crippen LogP contribution in [0.15, 0.2) is 77.6 Å². The van der Waals surface area contributed by atoms with E-state index in [2.05, 4.69) is 9.55 Å². The van der Waals surface area contributed by atoms with Crippen LogP contribution in [0.2, 0.25) is 5.02 Å². The summed E-state index contributed by atoms with van der Waals surface area (Å²) in [5, 5.41) is 13.9. The molecular formula is C21H18ClN5O2S. The topological polar surface area (TPSA) is 78.2 Å². The van der Waals surface area contributed by atoms with Crippen LogP contribution in [-0.2, 0) is 13.1 Å². The number of non-ortho nitro benzene ring substituents is 1. The third-order valence-corrected chi connectivity index (χ3v) is 5.67. The highest BCUT2D eigenvalue weighted by atomic mass is 35.5. The molecule has 0 fully saturated rings. The second kappa shape index (κ2) is 9.06. The number of nitro benzene ring substituents is 1. The summed E-state index contributed by atoms with van der Waals surface area (Å²) < 4.78 is 4.13. The molecule has 4 rings (SSSR count). The van der Waals surface area contributed by atoms with Gasteiger partial charge in [0.1, 0.15) is 0 Å². The van der Waals surface area contributed by atoms with Gasteiger partial charge in [0.05, 0.1) is 22.6 Å². The van der Waals surface area contributed by atoms with Crippen molar-refractivity contribution in [1.29, 1.82) is 0 Å². The van der Waals surface area contributed by atoms with Gasteiger partial charge in [0.25, 0.3) is 5.69 Å². The lowest BCUT2D eigenvalue weighted by atomic mass is 10.1. The lowest BCUT2D eigenvalue weighted by Crippen LogP contribution is -2.17. The predicted molar refractivity (Wildman–Crippen MR) is 118 cm³/mol. The number of hydrogen-bond acceptors (Lipinski definition) is 5. The van der Waals surface area contributed by atoms with Crippen LogP contribution >= 0.6 is 22.9 Å². The molecule has 0 amide bonds. The Morgan fingerprint density at radius 3 is 2.73 bits per heavy atom. The molecule has 0 N–H and O–H groups in total. The van der Waals surface area contributed by atoms with Crippen molar-refractivity contribution in [1.82, 2.24) is 14.1 Å². The number of aromatic nitrogens is 3. The molecule has 0 aliphatic carbocycles. The normalized spacial score (nSPS) is 11.7. The molecule has 0 saturated carbocycles. The van der Waals surface area contributed by atoms with E-state index >= 15 is 0 Å². The Morgan fingerprint density at radius 2 is 2.00 bits per heavy atom. The predicted octanol–water partition coefficient (Wildman–Crippen LogP) is 5.30. The molecule has 2 aromatic heterocycles. The monoisotopic (exact) mass is 439 g/mol. The maximum Gasteiger partial charge on any atom is 0.270 e. The van der Waals surface area contributed by atoms with Crippen molar-refractivity contribution in [3.05, 3.63) is 92.6 Å². The number of hydrogen-bond donors (Lipinski definition) is 0. The first-order valence-corrected chi connectivity index (χ1v) is 10.5. The van der Waals surface area contributed by atoms with Gasteiger partial charge in [0, 0.05) is 53.6 Å². The summed E-state index contributed by atoms with van der Waals surface area (Å²) in [6.07, 6.45) is 6.34. The van der Waals surface area contributed by atoms with Gasteiger partial charge in [-0.1, -0.05) is 23.7 Å². The second-order valence-corrected chi connectivity index (χ2v) is 7.88. The minimum absolute atomic E-state index is 0.0693. The van der Waals surface area contributed by atoms with Gasteiger partial charge in [-0.2, -0.15) is 0 Å². The van der Waals surface area contributed by atoms with Crippen LogP contribution in [0.4, 0.5) is 11.4 Å². The van der Waals surface area contributed by atoms with Gasteiger partial charge in [-0.25, -0.2) is 9.98 Å². The average molecular weight is 440 g/mol. The van der Waals surface area contributed by atoms with E-state index in [0.717, 1.165) is 34.7 Å². The summed E-state index contributed by atoms with van der Waals surface area (Å²) in [7, 11) is 0. The van der Waals surface area contributed by atoms with Crippen molar-refractivity contribution in [2.75, 3.05) is 0 Å². The van der Waals surface area contributed by atoms with Crippen LogP contribution in [0, 0.1) is 10.1 Å². The van der Waals surface area contributed by atoms with Gasteiger partial charge in [-0.15, -0.1) is 11.3 Å². The molecule has 7 nitrogen and oxygen atoms in total. The molecule has 2 heterocycles. The molecule has 0 unspecified atom stereocenters. The minimum atomic E-state index is -0.377. The van der Waals surface area contributed by atoms with Gasteiger partial charge in [0.15, 0.2) is 4.80 Å². The first-order chi connectivity index (χ1) is 14.6. The third-order valence-electron chi connectivity index (χ3n) is 4.56. The number of benzene rings is 2. The molecule has 0 spiro atoms. The molecular weight excluding hydrogens is 422 g/mol. The first-order valence-electron chi connectivity index (χ1n) is 9.29. The highest BCUT2D eigenvalue weighted by molar-refractivity contribution is 7.07. The number of rotatable bonds is 7. The Bertz CT molecular complexity index is 1210. The molecule has 0 aliphatic heterocycles. The Balaban J connectivity index is 1.72. The average Bonchev–Trinajstić information content (AvgIpc) is 3.40. The zero-order chi connectivity index (χ0) is 20.9. The summed E-state index contributed by atoms with van der Waals surface area (Å²) in [6.45, 7) is 1.53. The Morgan fingerprint density at radius 1 is 1.17 bits per heavy atom. The van der Waals surface area contributed by atoms with E-state index in [-0.39, 0.29) is 10.6 Å². The molecule has 2 aromatic carbocycles. The SMILES string of the molecule is O=[N+]([O-])c1cccc(-c2csc(=Nc3ccc(Cl)cc3)n2CCCn2ccnc2)c1. The lowest BCUT2D eigenvalue weighted by Gasteiger charge is -2.10. The fourth-order valence-corrected chi connectivity index (χ4v) is 4.18. The number of aryl methyl sites for hydroxylation is 1. The molecule has 0 bridgehead atoms. The summed E-state index contributed by atoms with van der Waals surface area (Å²) in [5.41, 5.74) is 2.57. The first kappa shape index (κ1) is 20.1. The van der Waals surface area contributed by atoms with E-state index in [1.807, 2.05) is 34.3 Å². The van der Waals surface area contributed by atoms with Crippen molar-refractivity contribution in [3.8, 4) is 11.3 Å². The summed E-state index contributed by atoms with van der Waals surface area (Å²) in [4.78, 5) is 20.5. The summed E-state index contributed by atoms with van der Waals surface area (Å²) >= 11 is 7.49. The van der Waals surface area contributed by atoms with E-state index in [1.54, 1.807) is 36.8 Å². The van der Waals surface area contributed by atoms with Gasteiger partial charge in [0.2, 0.25) is 0 Å². The molecule has 30 heavy (non-hydrogen) atoms. The van der Waals surface area contributed by atoms with E-state index in [0.29, 0.717) is 11.6 Å². The maximum atomic E-state index is 11.2. The van der Waals surface area contributed by atoms with Gasteiger partial charge < -0.3 is 9.13 Å². The van der Waals surface area contributed by atoms with E-state index in [1.165, 1.54) is 17.4 Å². The van der Waals surface area contributed by atoms with Crippen LogP contribution in [0.3, 0.4) is 0 Å². The highest BCUT2D eigenvalue weighted by Gasteiger charge is 2.12. The van der Waals surface area contributed by atoms with Crippen LogP contribution in [0.1, 0.15) is 6.42 Å². The number of nitro groups is 1. The Hall–Kier alpha value is -3.23. The van der Waals surface area contributed by atoms with Crippen LogP contribution in [-0.4, -0.2) is 19.0 Å². The zero-order valence-electron chi connectivity index (χ0n) is 15.9. The zero-order valence-corrected chi connectivity index (χ0v) is 17.5. The molecule has 0 radical (unpaired) electrons. The van der Waals surface area contributed by atoms with Gasteiger partial charge >= 0.3 is 0 Å². The largest absolute Gasteiger partial charge is 0.337 e. The van der Waals surface area contributed by atoms with Crippen molar-refractivity contribution >= 4 is 34.3 Å². The molecule has 0 saturated heterocycles. The molecule has 0 aliphatic rings. The van der Waals surface area contributed by atoms with Crippen molar-refractivity contribution in [3.63, 3.8) is 0 Å². The van der Waals surface area contributed by atoms with Crippen LogP contribution in [0.25, 0.3) is 11.3 Å². The fourth-order valence-electron chi connectivity index (χ4n) is 3.10. The quantitative estimate of drug-likeness (QED) is 0.289. The van der Waals surface area contributed by atoms with E-state index in [4.69, 9.17) is 16.6 Å². The number of imidazole rings is 1. The number of halogens is 1. The maximum absolute atomic E-state index is 11.2. The second-order valence-electron chi connectivity index (χ2n) is 6.60. The van der Waals surface area contributed by atoms with Gasteiger partial charge in [-0.3, -0.25) is 10.1 Å². The van der Waals surface area contributed by atoms with E-state index in [9.17, 15) is 10.1 Å². The Kier molecular flexibility index (Phi) is 6.06. The lowest BCUT2D eigenvalue weighted by molar-refractivity contribution is -0.384. The Labute approximate surface area is 181 Å². The summed E-state index contributed by atoms with van der Waals surface area (Å²) in [5.74, 6) is 0. The third kappa shape index (κ3) is 4.67. The standard InChI is InChI=1S/C21H18ClN5O2S/c22-17-5-7-18(8-6-17)24-21-26(11-2-10-25-12-9-23-15-25)20(14-30-21)16-3-1-4-19(13-16)27(28)29/h1,3-9,12-15H,2,10-11H2. The molecule has 4 aromatic rings. The molecule has 0 atom stereocenters. The van der Waals surface area contributed by atoms with Crippen LogP contribution in [0.5, 0.6) is 0 Å². The molecule has 9 heteroatoms. The summed E-state index contributed by atoms with van der Waals surface area (Å²) in [6, 6.07) is 14.0. The number of thiazole rings is 1. The van der Waals surface area contributed by atoms with Crippen molar-refractivity contribution in [2.45, 2.75) is 19.5 Å². The number of nitrogens with zero attached hydrogens (tertiary/aromatic N) is 5. The fraction of sp³-hybridized carbons (Fsp3) is 0.143. The van der Waals surface area contributed by atoms with Crippen LogP contribution < -0.4 is 4.80 Å². The minimum Gasteiger partial charge on any atom is -0.337 e. The molecule has 152 valence electrons. The smallest absolute Gasteiger partial charge is 0.270 e. The van der Waals surface area contributed by atoms with Gasteiger partial charge in [-0.05, 0) is 30.7 Å². The van der Waals surface area contributed by atoms with Crippen molar-refractivity contribution < 1.29 is 4.92 Å². The highest BCUT2D eigenvalue weighted by Crippen LogP contribution is 2.25. The van der Waals surface area contributed by atoms with E-state index < -0.39 is 0 Å².